The maximum Gasteiger partial charge on any atom is 0.137 e. The van der Waals surface area contributed by atoms with Crippen molar-refractivity contribution in [1.29, 1.82) is 0 Å². The zero-order valence-corrected chi connectivity index (χ0v) is 13.1. The summed E-state index contributed by atoms with van der Waals surface area (Å²) in [6.45, 7) is 0. The summed E-state index contributed by atoms with van der Waals surface area (Å²) in [7, 11) is 1.88. The maximum absolute atomic E-state index is 13.8. The van der Waals surface area contributed by atoms with Gasteiger partial charge in [-0.25, -0.2) is 4.39 Å². The van der Waals surface area contributed by atoms with Crippen molar-refractivity contribution in [3.8, 4) is 0 Å². The van der Waals surface area contributed by atoms with Crippen molar-refractivity contribution < 1.29 is 4.39 Å². The lowest BCUT2D eigenvalue weighted by atomic mass is 9.94. The van der Waals surface area contributed by atoms with E-state index in [1.54, 1.807) is 12.3 Å². The molecule has 0 bridgehead atoms. The third-order valence-corrected chi connectivity index (χ3v) is 4.44. The van der Waals surface area contributed by atoms with Crippen molar-refractivity contribution in [3.63, 3.8) is 0 Å². The normalized spacial score (nSPS) is 12.5. The first-order chi connectivity index (χ1) is 10.2. The molecule has 1 unspecified atom stereocenters. The molecule has 0 aliphatic heterocycles. The first-order valence-corrected chi connectivity index (χ1v) is 7.45. The van der Waals surface area contributed by atoms with Gasteiger partial charge in [0.05, 0.1) is 10.5 Å². The van der Waals surface area contributed by atoms with Gasteiger partial charge in [-0.1, -0.05) is 30.3 Å². The van der Waals surface area contributed by atoms with Gasteiger partial charge in [-0.2, -0.15) is 0 Å². The van der Waals surface area contributed by atoms with Crippen LogP contribution in [0, 0.1) is 5.82 Å². The number of nitrogens with one attached hydrogen (secondary N) is 1. The van der Waals surface area contributed by atoms with Gasteiger partial charge in [-0.3, -0.25) is 4.98 Å². The molecule has 0 aliphatic carbocycles. The SMILES string of the molecule is CNC(c1cccc(F)c1Br)c1cccc2cnccc12. The predicted octanol–water partition coefficient (Wildman–Crippen LogP) is 4.45. The molecule has 1 aromatic heterocycles. The molecular weight excluding hydrogens is 331 g/mol. The second-order valence-corrected chi connectivity index (χ2v) is 5.60. The molecule has 0 spiro atoms. The number of aromatic nitrogens is 1. The van der Waals surface area contributed by atoms with E-state index in [0.717, 1.165) is 21.9 Å². The van der Waals surface area contributed by atoms with Crippen LogP contribution in [0.1, 0.15) is 17.2 Å². The molecule has 3 aromatic rings. The summed E-state index contributed by atoms with van der Waals surface area (Å²) >= 11 is 3.36. The third-order valence-electron chi connectivity index (χ3n) is 3.61. The summed E-state index contributed by atoms with van der Waals surface area (Å²) in [5, 5.41) is 5.46. The van der Waals surface area contributed by atoms with E-state index < -0.39 is 0 Å². The van der Waals surface area contributed by atoms with Crippen LogP contribution in [0.2, 0.25) is 0 Å². The van der Waals surface area contributed by atoms with E-state index in [1.807, 2.05) is 37.5 Å². The number of nitrogens with zero attached hydrogens (tertiary/aromatic N) is 1. The monoisotopic (exact) mass is 344 g/mol. The van der Waals surface area contributed by atoms with Crippen LogP contribution in [0.15, 0.2) is 59.3 Å². The van der Waals surface area contributed by atoms with Crippen LogP contribution in [0.3, 0.4) is 0 Å². The summed E-state index contributed by atoms with van der Waals surface area (Å²) in [5.41, 5.74) is 1.98. The lowest BCUT2D eigenvalue weighted by Gasteiger charge is -2.20. The molecule has 21 heavy (non-hydrogen) atoms. The van der Waals surface area contributed by atoms with Crippen LogP contribution < -0.4 is 5.32 Å². The summed E-state index contributed by atoms with van der Waals surface area (Å²) in [6.07, 6.45) is 3.62. The number of halogens is 2. The van der Waals surface area contributed by atoms with Gasteiger partial charge in [0.1, 0.15) is 5.82 Å². The molecule has 0 fully saturated rings. The zero-order valence-electron chi connectivity index (χ0n) is 11.5. The minimum atomic E-state index is -0.255. The van der Waals surface area contributed by atoms with Crippen molar-refractivity contribution in [2.24, 2.45) is 0 Å². The van der Waals surface area contributed by atoms with Crippen LogP contribution in [-0.2, 0) is 0 Å². The van der Waals surface area contributed by atoms with Gasteiger partial charge in [0, 0.05) is 17.8 Å². The second kappa shape index (κ2) is 5.92. The Morgan fingerprint density at radius 2 is 1.86 bits per heavy atom. The molecule has 1 N–H and O–H groups in total. The summed E-state index contributed by atoms with van der Waals surface area (Å²) in [4.78, 5) is 4.15. The molecule has 0 saturated heterocycles. The third kappa shape index (κ3) is 2.57. The Morgan fingerprint density at radius 1 is 1.10 bits per heavy atom. The number of hydrogen-bond donors (Lipinski definition) is 1. The van der Waals surface area contributed by atoms with E-state index in [4.69, 9.17) is 0 Å². The number of rotatable bonds is 3. The van der Waals surface area contributed by atoms with Gasteiger partial charge in [-0.15, -0.1) is 0 Å². The largest absolute Gasteiger partial charge is 0.309 e. The molecular formula is C17H14BrFN2. The Bertz CT molecular complexity index is 783. The van der Waals surface area contributed by atoms with Crippen LogP contribution in [-0.4, -0.2) is 12.0 Å². The van der Waals surface area contributed by atoms with Crippen LogP contribution in [0.25, 0.3) is 10.8 Å². The Hall–Kier alpha value is -1.78. The van der Waals surface area contributed by atoms with Gasteiger partial charge in [0.2, 0.25) is 0 Å². The van der Waals surface area contributed by atoms with E-state index >= 15 is 0 Å². The zero-order chi connectivity index (χ0) is 14.8. The standard InChI is InChI=1S/C17H14BrFN2/c1-20-17(14-6-3-7-15(19)16(14)18)13-5-2-4-11-10-21-9-8-12(11)13/h2-10,17,20H,1H3. The molecule has 0 saturated carbocycles. The second-order valence-electron chi connectivity index (χ2n) is 4.81. The lowest BCUT2D eigenvalue weighted by Crippen LogP contribution is -2.18. The molecule has 0 aliphatic rings. The molecule has 3 rings (SSSR count). The van der Waals surface area contributed by atoms with Crippen molar-refractivity contribution in [2.75, 3.05) is 7.05 Å². The minimum absolute atomic E-state index is 0.0961. The molecule has 1 heterocycles. The summed E-state index contributed by atoms with van der Waals surface area (Å²) in [5.74, 6) is -0.255. The van der Waals surface area contributed by atoms with Crippen molar-refractivity contribution in [3.05, 3.63) is 76.3 Å². The van der Waals surface area contributed by atoms with Gasteiger partial charge in [0.25, 0.3) is 0 Å². The van der Waals surface area contributed by atoms with E-state index in [0.29, 0.717) is 4.47 Å². The van der Waals surface area contributed by atoms with E-state index in [9.17, 15) is 4.39 Å². The van der Waals surface area contributed by atoms with Crippen molar-refractivity contribution >= 4 is 26.7 Å². The Balaban J connectivity index is 2.21. The molecule has 106 valence electrons. The van der Waals surface area contributed by atoms with Crippen LogP contribution in [0.5, 0.6) is 0 Å². The summed E-state index contributed by atoms with van der Waals surface area (Å²) in [6, 6.07) is 13.1. The van der Waals surface area contributed by atoms with Gasteiger partial charge >= 0.3 is 0 Å². The van der Waals surface area contributed by atoms with Crippen LogP contribution in [0.4, 0.5) is 4.39 Å². The quantitative estimate of drug-likeness (QED) is 0.759. The highest BCUT2D eigenvalue weighted by Gasteiger charge is 2.18. The number of benzene rings is 2. The predicted molar refractivity (Wildman–Crippen MR) is 86.7 cm³/mol. The van der Waals surface area contributed by atoms with E-state index in [2.05, 4.69) is 32.3 Å². The highest BCUT2D eigenvalue weighted by atomic mass is 79.9. The molecule has 2 aromatic carbocycles. The molecule has 4 heteroatoms. The average molecular weight is 345 g/mol. The fourth-order valence-electron chi connectivity index (χ4n) is 2.62. The fraction of sp³-hybridized carbons (Fsp3) is 0.118. The Morgan fingerprint density at radius 3 is 2.67 bits per heavy atom. The number of fused-ring (bicyclic) bond motifs is 1. The molecule has 0 radical (unpaired) electrons. The topological polar surface area (TPSA) is 24.9 Å². The Kier molecular flexibility index (Phi) is 3.99. The fourth-order valence-corrected chi connectivity index (χ4v) is 3.11. The Labute approximate surface area is 131 Å². The molecule has 2 nitrogen and oxygen atoms in total. The van der Waals surface area contributed by atoms with Gasteiger partial charge < -0.3 is 5.32 Å². The maximum atomic E-state index is 13.8. The van der Waals surface area contributed by atoms with E-state index in [1.165, 1.54) is 6.07 Å². The van der Waals surface area contributed by atoms with Crippen molar-refractivity contribution in [2.45, 2.75) is 6.04 Å². The first kappa shape index (κ1) is 14.2. The number of hydrogen-bond acceptors (Lipinski definition) is 2. The van der Waals surface area contributed by atoms with Gasteiger partial charge in [-0.05, 0) is 51.6 Å². The van der Waals surface area contributed by atoms with E-state index in [-0.39, 0.29) is 11.9 Å². The van der Waals surface area contributed by atoms with Crippen LogP contribution >= 0.6 is 15.9 Å². The highest BCUT2D eigenvalue weighted by molar-refractivity contribution is 9.10. The number of pyridine rings is 1. The summed E-state index contributed by atoms with van der Waals surface area (Å²) < 4.78 is 14.3. The van der Waals surface area contributed by atoms with Crippen molar-refractivity contribution in [1.82, 2.24) is 10.3 Å². The minimum Gasteiger partial charge on any atom is -0.309 e. The average Bonchev–Trinajstić information content (AvgIpc) is 2.52. The first-order valence-electron chi connectivity index (χ1n) is 6.66. The molecule has 1 atom stereocenters. The van der Waals surface area contributed by atoms with Gasteiger partial charge in [0.15, 0.2) is 0 Å². The highest BCUT2D eigenvalue weighted by Crippen LogP contribution is 2.33. The molecule has 0 amide bonds. The lowest BCUT2D eigenvalue weighted by molar-refractivity contribution is 0.609. The smallest absolute Gasteiger partial charge is 0.137 e.